The molecule has 0 saturated carbocycles. The molecule has 0 bridgehead atoms. The van der Waals surface area contributed by atoms with Gasteiger partial charge in [-0.3, -0.25) is 0 Å². The van der Waals surface area contributed by atoms with E-state index >= 15 is 0 Å². The van der Waals surface area contributed by atoms with Crippen molar-refractivity contribution in [3.63, 3.8) is 0 Å². The Morgan fingerprint density at radius 3 is 2.58 bits per heavy atom. The number of nitrogens with one attached hydrogen (secondary N) is 1. The Balaban J connectivity index is 1.83. The van der Waals surface area contributed by atoms with Gasteiger partial charge in [0.2, 0.25) is 0 Å². The van der Waals surface area contributed by atoms with E-state index in [0.717, 1.165) is 13.1 Å². The van der Waals surface area contributed by atoms with Crippen LogP contribution in [-0.2, 0) is 0 Å². The molecule has 1 aliphatic rings. The molecule has 1 aromatic rings. The minimum atomic E-state index is -0.286. The molecule has 0 radical (unpaired) electrons. The number of rotatable bonds is 4. The average molecular weight is 330 g/mol. The van der Waals surface area contributed by atoms with Crippen molar-refractivity contribution >= 4 is 27.3 Å². The molecule has 1 fully saturated rings. The number of likely N-dealkylation sites (tertiary alicyclic amines) is 1. The Bertz CT molecular complexity index is 417. The Kier molecular flexibility index (Phi) is 5.45. The normalized spacial score (nSPS) is 17.2. The van der Waals surface area contributed by atoms with Crippen molar-refractivity contribution in [3.05, 3.63) is 22.4 Å². The van der Waals surface area contributed by atoms with Crippen molar-refractivity contribution in [2.24, 2.45) is 0 Å². The van der Waals surface area contributed by atoms with Gasteiger partial charge in [-0.25, -0.2) is 4.39 Å². The molecule has 19 heavy (non-hydrogen) atoms. The van der Waals surface area contributed by atoms with E-state index in [1.54, 1.807) is 6.07 Å². The molecule has 5 heteroatoms. The van der Waals surface area contributed by atoms with Gasteiger partial charge < -0.3 is 16.0 Å². The first kappa shape index (κ1) is 14.6. The van der Waals surface area contributed by atoms with Gasteiger partial charge in [0.05, 0.1) is 15.8 Å². The second-order valence-corrected chi connectivity index (χ2v) is 5.89. The quantitative estimate of drug-likeness (QED) is 0.831. The molecule has 106 valence electrons. The molecule has 1 heterocycles. The summed E-state index contributed by atoms with van der Waals surface area (Å²) < 4.78 is 13.8. The molecule has 3 nitrogen and oxygen atoms in total. The van der Waals surface area contributed by atoms with Crippen molar-refractivity contribution in [3.8, 4) is 0 Å². The summed E-state index contributed by atoms with van der Waals surface area (Å²) >= 11 is 3.13. The van der Waals surface area contributed by atoms with Gasteiger partial charge in [-0.05, 0) is 47.9 Å². The van der Waals surface area contributed by atoms with Crippen molar-refractivity contribution in [1.29, 1.82) is 0 Å². The van der Waals surface area contributed by atoms with Crippen molar-refractivity contribution in [1.82, 2.24) is 4.90 Å². The van der Waals surface area contributed by atoms with E-state index in [0.29, 0.717) is 15.8 Å². The second-order valence-electron chi connectivity index (χ2n) is 5.04. The maximum Gasteiger partial charge on any atom is 0.139 e. The van der Waals surface area contributed by atoms with Gasteiger partial charge in [-0.2, -0.15) is 0 Å². The number of nitrogen functional groups attached to an aromatic ring is 1. The van der Waals surface area contributed by atoms with Crippen LogP contribution in [0.5, 0.6) is 0 Å². The summed E-state index contributed by atoms with van der Waals surface area (Å²) in [6, 6.07) is 3.05. The molecule has 3 N–H and O–H groups in total. The first-order chi connectivity index (χ1) is 9.16. The smallest absolute Gasteiger partial charge is 0.139 e. The Hall–Kier alpha value is -0.810. The van der Waals surface area contributed by atoms with Gasteiger partial charge >= 0.3 is 0 Å². The number of anilines is 2. The van der Waals surface area contributed by atoms with Crippen LogP contribution in [0.2, 0.25) is 0 Å². The monoisotopic (exact) mass is 329 g/mol. The zero-order chi connectivity index (χ0) is 13.7. The highest BCUT2D eigenvalue weighted by molar-refractivity contribution is 9.10. The molecular formula is C14H21BrFN3. The molecule has 0 aliphatic carbocycles. The highest BCUT2D eigenvalue weighted by Gasteiger charge is 2.09. The van der Waals surface area contributed by atoms with E-state index in [4.69, 9.17) is 5.73 Å². The highest BCUT2D eigenvalue weighted by atomic mass is 79.9. The fraction of sp³-hybridized carbons (Fsp3) is 0.571. The first-order valence-corrected chi connectivity index (χ1v) is 7.67. The third-order valence-electron chi connectivity index (χ3n) is 3.53. The molecule has 1 aliphatic heterocycles. The van der Waals surface area contributed by atoms with E-state index in [-0.39, 0.29) is 5.82 Å². The lowest BCUT2D eigenvalue weighted by molar-refractivity contribution is 0.296. The van der Waals surface area contributed by atoms with Crippen LogP contribution < -0.4 is 11.1 Å². The minimum absolute atomic E-state index is 0.286. The van der Waals surface area contributed by atoms with Gasteiger partial charge in [0.15, 0.2) is 0 Å². The van der Waals surface area contributed by atoms with E-state index in [1.807, 2.05) is 0 Å². The number of benzene rings is 1. The van der Waals surface area contributed by atoms with Crippen LogP contribution in [0, 0.1) is 5.82 Å². The predicted molar refractivity (Wildman–Crippen MR) is 81.9 cm³/mol. The summed E-state index contributed by atoms with van der Waals surface area (Å²) in [6.07, 6.45) is 5.26. The van der Waals surface area contributed by atoms with Crippen LogP contribution in [-0.4, -0.2) is 31.1 Å². The van der Waals surface area contributed by atoms with Crippen LogP contribution in [0.4, 0.5) is 15.8 Å². The van der Waals surface area contributed by atoms with Gasteiger partial charge in [-0.15, -0.1) is 0 Å². The molecule has 2 rings (SSSR count). The lowest BCUT2D eigenvalue weighted by Gasteiger charge is -2.20. The SMILES string of the molecule is Nc1cc(Br)c(F)cc1NCCN1CCCCCC1. The largest absolute Gasteiger partial charge is 0.397 e. The Labute approximate surface area is 122 Å². The van der Waals surface area contributed by atoms with E-state index in [2.05, 4.69) is 26.1 Å². The van der Waals surface area contributed by atoms with Gasteiger partial charge in [0.25, 0.3) is 0 Å². The van der Waals surface area contributed by atoms with Gasteiger partial charge in [-0.1, -0.05) is 12.8 Å². The number of halogens is 2. The summed E-state index contributed by atoms with van der Waals surface area (Å²) in [5.74, 6) is -0.286. The van der Waals surface area contributed by atoms with Crippen molar-refractivity contribution < 1.29 is 4.39 Å². The number of hydrogen-bond donors (Lipinski definition) is 2. The fourth-order valence-electron chi connectivity index (χ4n) is 2.42. The van der Waals surface area contributed by atoms with Crippen LogP contribution in [0.15, 0.2) is 16.6 Å². The van der Waals surface area contributed by atoms with E-state index in [9.17, 15) is 4.39 Å². The van der Waals surface area contributed by atoms with E-state index < -0.39 is 0 Å². The van der Waals surface area contributed by atoms with E-state index in [1.165, 1.54) is 44.8 Å². The summed E-state index contributed by atoms with van der Waals surface area (Å²) in [5.41, 5.74) is 7.11. The number of hydrogen-bond acceptors (Lipinski definition) is 3. The standard InChI is InChI=1S/C14H21BrFN3/c15-11-9-13(17)14(10-12(11)16)18-5-8-19-6-3-1-2-4-7-19/h9-10,18H,1-8,17H2. The molecule has 1 aromatic carbocycles. The van der Waals surface area contributed by atoms with Crippen LogP contribution >= 0.6 is 15.9 Å². The summed E-state index contributed by atoms with van der Waals surface area (Å²) in [4.78, 5) is 2.46. The van der Waals surface area contributed by atoms with Crippen LogP contribution in [0.1, 0.15) is 25.7 Å². The van der Waals surface area contributed by atoms with Crippen molar-refractivity contribution in [2.75, 3.05) is 37.2 Å². The third-order valence-corrected chi connectivity index (χ3v) is 4.14. The number of nitrogens with two attached hydrogens (primary N) is 1. The zero-order valence-corrected chi connectivity index (χ0v) is 12.7. The number of nitrogens with zero attached hydrogens (tertiary/aromatic N) is 1. The first-order valence-electron chi connectivity index (χ1n) is 6.87. The topological polar surface area (TPSA) is 41.3 Å². The summed E-state index contributed by atoms with van der Waals surface area (Å²) in [7, 11) is 0. The minimum Gasteiger partial charge on any atom is -0.397 e. The Morgan fingerprint density at radius 1 is 1.21 bits per heavy atom. The molecule has 1 saturated heterocycles. The van der Waals surface area contributed by atoms with Crippen molar-refractivity contribution in [2.45, 2.75) is 25.7 Å². The zero-order valence-electron chi connectivity index (χ0n) is 11.1. The fourth-order valence-corrected chi connectivity index (χ4v) is 2.78. The summed E-state index contributed by atoms with van der Waals surface area (Å²) in [5, 5.41) is 3.22. The Morgan fingerprint density at radius 2 is 1.89 bits per heavy atom. The van der Waals surface area contributed by atoms with Gasteiger partial charge in [0, 0.05) is 19.2 Å². The third kappa shape index (κ3) is 4.35. The molecule has 0 aromatic heterocycles. The van der Waals surface area contributed by atoms with Crippen LogP contribution in [0.25, 0.3) is 0 Å². The molecule has 0 unspecified atom stereocenters. The molecule has 0 amide bonds. The maximum absolute atomic E-state index is 13.4. The second kappa shape index (κ2) is 7.10. The molecular weight excluding hydrogens is 309 g/mol. The molecule has 0 spiro atoms. The van der Waals surface area contributed by atoms with Gasteiger partial charge in [0.1, 0.15) is 5.82 Å². The van der Waals surface area contributed by atoms with Crippen LogP contribution in [0.3, 0.4) is 0 Å². The summed E-state index contributed by atoms with van der Waals surface area (Å²) in [6.45, 7) is 4.13. The lowest BCUT2D eigenvalue weighted by atomic mass is 10.2. The molecule has 0 atom stereocenters. The highest BCUT2D eigenvalue weighted by Crippen LogP contribution is 2.26. The lowest BCUT2D eigenvalue weighted by Crippen LogP contribution is -2.30. The maximum atomic E-state index is 13.4. The average Bonchev–Trinajstić information content (AvgIpc) is 2.64. The predicted octanol–water partition coefficient (Wildman–Crippen LogP) is 3.46.